The highest BCUT2D eigenvalue weighted by Crippen LogP contribution is 2.19. The highest BCUT2D eigenvalue weighted by atomic mass is 16.1. The molecule has 1 heterocycles. The van der Waals surface area contributed by atoms with Crippen LogP contribution in [0.25, 0.3) is 0 Å². The van der Waals surface area contributed by atoms with E-state index in [-0.39, 0.29) is 5.91 Å². The molecule has 3 heteroatoms. The second-order valence-electron chi connectivity index (χ2n) is 5.86. The van der Waals surface area contributed by atoms with E-state index in [0.29, 0.717) is 12.0 Å². The third kappa shape index (κ3) is 4.06. The first-order chi connectivity index (χ1) is 9.04. The maximum absolute atomic E-state index is 11.2. The number of rotatable bonds is 3. The summed E-state index contributed by atoms with van der Waals surface area (Å²) in [5.74, 6) is 0.713. The van der Waals surface area contributed by atoms with Gasteiger partial charge >= 0.3 is 0 Å². The third-order valence-electron chi connectivity index (χ3n) is 3.80. The first kappa shape index (κ1) is 14.1. The van der Waals surface area contributed by atoms with E-state index in [1.165, 1.54) is 11.1 Å². The van der Waals surface area contributed by atoms with Crippen LogP contribution in [0.15, 0.2) is 24.3 Å². The van der Waals surface area contributed by atoms with Crippen LogP contribution in [0, 0.1) is 12.8 Å². The molecule has 0 aliphatic carbocycles. The molecule has 1 aliphatic rings. The summed E-state index contributed by atoms with van der Waals surface area (Å²) in [6.45, 7) is 9.08. The maximum Gasteiger partial charge on any atom is 0.217 e. The van der Waals surface area contributed by atoms with Gasteiger partial charge in [-0.15, -0.1) is 0 Å². The van der Waals surface area contributed by atoms with Crippen molar-refractivity contribution in [3.8, 4) is 0 Å². The van der Waals surface area contributed by atoms with E-state index >= 15 is 0 Å². The van der Waals surface area contributed by atoms with Gasteiger partial charge in [-0.1, -0.05) is 31.2 Å². The average molecular weight is 260 g/mol. The molecule has 1 aromatic rings. The lowest BCUT2D eigenvalue weighted by molar-refractivity contribution is -0.120. The summed E-state index contributed by atoms with van der Waals surface area (Å²) >= 11 is 0. The lowest BCUT2D eigenvalue weighted by Gasteiger charge is -2.37. The number of carbonyl (C=O) groups excluding carboxylic acids is 1. The quantitative estimate of drug-likeness (QED) is 0.904. The Morgan fingerprint density at radius 1 is 1.37 bits per heavy atom. The normalized spacial score (nSPS) is 24.2. The van der Waals surface area contributed by atoms with Gasteiger partial charge in [0.05, 0.1) is 0 Å². The summed E-state index contributed by atoms with van der Waals surface area (Å²) in [7, 11) is 0. The fourth-order valence-corrected chi connectivity index (χ4v) is 3.01. The first-order valence-electron chi connectivity index (χ1n) is 7.08. The van der Waals surface area contributed by atoms with E-state index in [1.54, 1.807) is 6.92 Å². The Bertz CT molecular complexity index is 444. The van der Waals surface area contributed by atoms with Crippen molar-refractivity contribution in [2.75, 3.05) is 13.1 Å². The Morgan fingerprint density at radius 3 is 2.79 bits per heavy atom. The van der Waals surface area contributed by atoms with Gasteiger partial charge in [0.25, 0.3) is 0 Å². The predicted octanol–water partition coefficient (Wildman–Crippen LogP) is 2.34. The Labute approximate surface area is 116 Å². The molecule has 19 heavy (non-hydrogen) atoms. The van der Waals surface area contributed by atoms with E-state index < -0.39 is 0 Å². The van der Waals surface area contributed by atoms with Crippen molar-refractivity contribution in [3.63, 3.8) is 0 Å². The van der Waals surface area contributed by atoms with Crippen LogP contribution in [-0.4, -0.2) is 29.9 Å². The maximum atomic E-state index is 11.2. The van der Waals surface area contributed by atoms with Gasteiger partial charge in [0, 0.05) is 32.6 Å². The van der Waals surface area contributed by atoms with E-state index in [2.05, 4.69) is 48.3 Å². The Balaban J connectivity index is 2.00. The molecular weight excluding hydrogens is 236 g/mol. The number of carbonyl (C=O) groups is 1. The molecule has 1 N–H and O–H groups in total. The molecule has 2 rings (SSSR count). The van der Waals surface area contributed by atoms with Gasteiger partial charge in [-0.25, -0.2) is 0 Å². The van der Waals surface area contributed by atoms with Crippen LogP contribution in [0.1, 0.15) is 31.4 Å². The Hall–Kier alpha value is -1.35. The van der Waals surface area contributed by atoms with Crippen LogP contribution >= 0.6 is 0 Å². The van der Waals surface area contributed by atoms with Crippen molar-refractivity contribution in [2.45, 2.75) is 39.8 Å². The summed E-state index contributed by atoms with van der Waals surface area (Å²) in [5.41, 5.74) is 2.73. The summed E-state index contributed by atoms with van der Waals surface area (Å²) in [5, 5.41) is 3.06. The molecule has 1 aliphatic heterocycles. The predicted molar refractivity (Wildman–Crippen MR) is 77.8 cm³/mol. The molecule has 0 aromatic heterocycles. The molecule has 2 atom stereocenters. The van der Waals surface area contributed by atoms with Gasteiger partial charge in [-0.3, -0.25) is 9.69 Å². The SMILES string of the molecule is CC(=O)NC1CC(C)CN(Cc2ccccc2C)C1. The molecule has 104 valence electrons. The Kier molecular flexibility index (Phi) is 4.59. The number of hydrogen-bond acceptors (Lipinski definition) is 2. The molecule has 0 bridgehead atoms. The number of piperidine rings is 1. The van der Waals surface area contributed by atoms with Crippen molar-refractivity contribution in [2.24, 2.45) is 5.92 Å². The lowest BCUT2D eigenvalue weighted by Crippen LogP contribution is -2.49. The minimum atomic E-state index is 0.0786. The second kappa shape index (κ2) is 6.20. The fourth-order valence-electron chi connectivity index (χ4n) is 3.01. The van der Waals surface area contributed by atoms with Gasteiger partial charge in [-0.2, -0.15) is 0 Å². The minimum Gasteiger partial charge on any atom is -0.352 e. The van der Waals surface area contributed by atoms with E-state index in [9.17, 15) is 4.79 Å². The molecule has 0 spiro atoms. The van der Waals surface area contributed by atoms with E-state index in [1.807, 2.05) is 0 Å². The number of benzene rings is 1. The second-order valence-corrected chi connectivity index (χ2v) is 5.86. The van der Waals surface area contributed by atoms with Gasteiger partial charge < -0.3 is 5.32 Å². The third-order valence-corrected chi connectivity index (χ3v) is 3.80. The highest BCUT2D eigenvalue weighted by molar-refractivity contribution is 5.73. The van der Waals surface area contributed by atoms with Crippen LogP contribution in [0.2, 0.25) is 0 Å². The standard InChI is InChI=1S/C16H24N2O/c1-12-8-16(17-14(3)19)11-18(9-12)10-15-7-5-4-6-13(15)2/h4-7,12,16H,8-11H2,1-3H3,(H,17,19). The molecule has 1 amide bonds. The number of likely N-dealkylation sites (tertiary alicyclic amines) is 1. The van der Waals surface area contributed by atoms with E-state index in [4.69, 9.17) is 0 Å². The summed E-state index contributed by atoms with van der Waals surface area (Å²) in [6.07, 6.45) is 1.09. The number of hydrogen-bond donors (Lipinski definition) is 1. The van der Waals surface area contributed by atoms with Gasteiger partial charge in [0.1, 0.15) is 0 Å². The van der Waals surface area contributed by atoms with Gasteiger partial charge in [0.15, 0.2) is 0 Å². The zero-order chi connectivity index (χ0) is 13.8. The van der Waals surface area contributed by atoms with Gasteiger partial charge in [-0.05, 0) is 30.4 Å². The van der Waals surface area contributed by atoms with Crippen molar-refractivity contribution >= 4 is 5.91 Å². The molecule has 1 aromatic carbocycles. The van der Waals surface area contributed by atoms with Crippen molar-refractivity contribution in [1.29, 1.82) is 0 Å². The van der Waals surface area contributed by atoms with Crippen molar-refractivity contribution in [1.82, 2.24) is 10.2 Å². The Morgan fingerprint density at radius 2 is 2.11 bits per heavy atom. The monoisotopic (exact) mass is 260 g/mol. The molecule has 1 saturated heterocycles. The average Bonchev–Trinajstić information content (AvgIpc) is 2.30. The first-order valence-corrected chi connectivity index (χ1v) is 7.08. The van der Waals surface area contributed by atoms with Crippen LogP contribution < -0.4 is 5.32 Å². The summed E-state index contributed by atoms with van der Waals surface area (Å²) < 4.78 is 0. The summed E-state index contributed by atoms with van der Waals surface area (Å²) in [4.78, 5) is 13.7. The molecule has 3 nitrogen and oxygen atoms in total. The molecule has 0 saturated carbocycles. The number of nitrogens with zero attached hydrogens (tertiary/aromatic N) is 1. The van der Waals surface area contributed by atoms with Crippen LogP contribution in [0.3, 0.4) is 0 Å². The molecule has 0 radical (unpaired) electrons. The molecule has 1 fully saturated rings. The fraction of sp³-hybridized carbons (Fsp3) is 0.562. The number of nitrogens with one attached hydrogen (secondary N) is 1. The number of aryl methyl sites for hydroxylation is 1. The summed E-state index contributed by atoms with van der Waals surface area (Å²) in [6, 6.07) is 8.83. The molecular formula is C16H24N2O. The van der Waals surface area contributed by atoms with Crippen LogP contribution in [0.4, 0.5) is 0 Å². The zero-order valence-corrected chi connectivity index (χ0v) is 12.1. The van der Waals surface area contributed by atoms with Crippen molar-refractivity contribution in [3.05, 3.63) is 35.4 Å². The minimum absolute atomic E-state index is 0.0786. The zero-order valence-electron chi connectivity index (χ0n) is 12.1. The highest BCUT2D eigenvalue weighted by Gasteiger charge is 2.25. The molecule has 2 unspecified atom stereocenters. The van der Waals surface area contributed by atoms with Crippen molar-refractivity contribution < 1.29 is 4.79 Å². The largest absolute Gasteiger partial charge is 0.352 e. The smallest absolute Gasteiger partial charge is 0.217 e. The lowest BCUT2D eigenvalue weighted by atomic mass is 9.95. The van der Waals surface area contributed by atoms with E-state index in [0.717, 1.165) is 26.1 Å². The van der Waals surface area contributed by atoms with Crippen LogP contribution in [0.5, 0.6) is 0 Å². The number of amides is 1. The van der Waals surface area contributed by atoms with Gasteiger partial charge in [0.2, 0.25) is 5.91 Å². The topological polar surface area (TPSA) is 32.3 Å². The van der Waals surface area contributed by atoms with Crippen LogP contribution in [-0.2, 0) is 11.3 Å².